The number of amides is 2. The van der Waals surface area contributed by atoms with Gasteiger partial charge in [0.15, 0.2) is 0 Å². The average Bonchev–Trinajstić information content (AvgIpc) is 2.35. The van der Waals surface area contributed by atoms with Crippen LogP contribution in [-0.2, 0) is 14.3 Å². The van der Waals surface area contributed by atoms with Gasteiger partial charge in [0.2, 0.25) is 11.8 Å². The second-order valence-electron chi connectivity index (χ2n) is 4.44. The minimum Gasteiger partial charge on any atom is -0.377 e. The molecule has 0 radical (unpaired) electrons. The number of hydrogen-bond acceptors (Lipinski definition) is 4. The van der Waals surface area contributed by atoms with Gasteiger partial charge in [-0.1, -0.05) is 20.3 Å². The summed E-state index contributed by atoms with van der Waals surface area (Å²) in [5.74, 6) is -0.681. The number of rotatable bonds is 4. The summed E-state index contributed by atoms with van der Waals surface area (Å²) < 4.78 is 5.15. The van der Waals surface area contributed by atoms with E-state index in [1.54, 1.807) is 0 Å². The van der Waals surface area contributed by atoms with Crippen molar-refractivity contribution in [2.75, 3.05) is 19.8 Å². The quantitative estimate of drug-likeness (QED) is 0.666. The predicted octanol–water partition coefficient (Wildman–Crippen LogP) is -0.927. The van der Waals surface area contributed by atoms with Crippen molar-refractivity contribution in [3.63, 3.8) is 0 Å². The maximum atomic E-state index is 12.2. The first kappa shape index (κ1) is 13.9. The van der Waals surface area contributed by atoms with Gasteiger partial charge in [0.1, 0.15) is 6.04 Å². The number of nitrogens with zero attached hydrogens (tertiary/aromatic N) is 1. The lowest BCUT2D eigenvalue weighted by Crippen LogP contribution is -2.59. The van der Waals surface area contributed by atoms with Gasteiger partial charge < -0.3 is 21.1 Å². The zero-order valence-corrected chi connectivity index (χ0v) is 10.4. The van der Waals surface area contributed by atoms with E-state index in [1.165, 1.54) is 4.90 Å². The molecule has 98 valence electrons. The highest BCUT2D eigenvalue weighted by Gasteiger charge is 2.34. The first-order valence-corrected chi connectivity index (χ1v) is 5.92. The molecule has 1 saturated heterocycles. The fourth-order valence-corrected chi connectivity index (χ4v) is 1.79. The SMILES string of the molecule is CC[C@H](C)[C@H](N)C(=O)N1CCOCC1C(N)=O. The van der Waals surface area contributed by atoms with Gasteiger partial charge >= 0.3 is 0 Å². The van der Waals surface area contributed by atoms with Gasteiger partial charge in [-0.2, -0.15) is 0 Å². The van der Waals surface area contributed by atoms with Crippen LogP contribution in [0.25, 0.3) is 0 Å². The zero-order chi connectivity index (χ0) is 13.0. The third-order valence-corrected chi connectivity index (χ3v) is 3.28. The number of carbonyl (C=O) groups is 2. The molecule has 2 amide bonds. The van der Waals surface area contributed by atoms with Crippen LogP contribution in [0.3, 0.4) is 0 Å². The summed E-state index contributed by atoms with van der Waals surface area (Å²) in [6.07, 6.45) is 0.818. The molecule has 0 saturated carbocycles. The molecule has 6 nitrogen and oxygen atoms in total. The number of primary amides is 1. The number of morpholine rings is 1. The molecule has 1 heterocycles. The predicted molar refractivity (Wildman–Crippen MR) is 62.9 cm³/mol. The second kappa shape index (κ2) is 5.97. The molecule has 0 bridgehead atoms. The maximum Gasteiger partial charge on any atom is 0.242 e. The largest absolute Gasteiger partial charge is 0.377 e. The van der Waals surface area contributed by atoms with Crippen LogP contribution in [0.1, 0.15) is 20.3 Å². The number of ether oxygens (including phenoxy) is 1. The Morgan fingerprint density at radius 3 is 2.71 bits per heavy atom. The van der Waals surface area contributed by atoms with Crippen molar-refractivity contribution in [2.45, 2.75) is 32.4 Å². The van der Waals surface area contributed by atoms with Crippen LogP contribution in [0.5, 0.6) is 0 Å². The minimum atomic E-state index is -0.689. The lowest BCUT2D eigenvalue weighted by atomic mass is 9.98. The molecule has 4 N–H and O–H groups in total. The lowest BCUT2D eigenvalue weighted by molar-refractivity contribution is -0.149. The highest BCUT2D eigenvalue weighted by Crippen LogP contribution is 2.13. The first-order chi connectivity index (χ1) is 7.99. The van der Waals surface area contributed by atoms with Crippen LogP contribution in [0, 0.1) is 5.92 Å². The van der Waals surface area contributed by atoms with E-state index in [1.807, 2.05) is 13.8 Å². The fourth-order valence-electron chi connectivity index (χ4n) is 1.79. The maximum absolute atomic E-state index is 12.2. The molecule has 0 aromatic heterocycles. The van der Waals surface area contributed by atoms with Crippen molar-refractivity contribution in [3.05, 3.63) is 0 Å². The molecule has 0 aliphatic carbocycles. The molecule has 6 heteroatoms. The van der Waals surface area contributed by atoms with Crippen molar-refractivity contribution in [3.8, 4) is 0 Å². The van der Waals surface area contributed by atoms with Crippen LogP contribution in [0.4, 0.5) is 0 Å². The van der Waals surface area contributed by atoms with Crippen molar-refractivity contribution in [2.24, 2.45) is 17.4 Å². The lowest BCUT2D eigenvalue weighted by Gasteiger charge is -2.36. The fraction of sp³-hybridized carbons (Fsp3) is 0.818. The molecule has 1 aliphatic heterocycles. The van der Waals surface area contributed by atoms with E-state index in [-0.39, 0.29) is 18.4 Å². The molecule has 1 aliphatic rings. The van der Waals surface area contributed by atoms with Gasteiger partial charge in [0, 0.05) is 6.54 Å². The molecule has 1 fully saturated rings. The Kier molecular flexibility index (Phi) is 4.89. The zero-order valence-electron chi connectivity index (χ0n) is 10.4. The Labute approximate surface area is 101 Å². The Balaban J connectivity index is 2.74. The highest BCUT2D eigenvalue weighted by atomic mass is 16.5. The Hall–Kier alpha value is -1.14. The monoisotopic (exact) mass is 243 g/mol. The van der Waals surface area contributed by atoms with Crippen molar-refractivity contribution < 1.29 is 14.3 Å². The second-order valence-corrected chi connectivity index (χ2v) is 4.44. The van der Waals surface area contributed by atoms with E-state index in [4.69, 9.17) is 16.2 Å². The third kappa shape index (κ3) is 3.17. The summed E-state index contributed by atoms with van der Waals surface area (Å²) in [6, 6.07) is -1.27. The Morgan fingerprint density at radius 2 is 2.18 bits per heavy atom. The molecule has 1 unspecified atom stereocenters. The summed E-state index contributed by atoms with van der Waals surface area (Å²) in [4.78, 5) is 24.8. The van der Waals surface area contributed by atoms with Crippen LogP contribution in [-0.4, -0.2) is 48.6 Å². The van der Waals surface area contributed by atoms with Gasteiger partial charge in [0.05, 0.1) is 19.3 Å². The van der Waals surface area contributed by atoms with Gasteiger partial charge in [-0.05, 0) is 5.92 Å². The van der Waals surface area contributed by atoms with Gasteiger partial charge in [-0.15, -0.1) is 0 Å². The minimum absolute atomic E-state index is 0.0823. The molecule has 0 aromatic carbocycles. The van der Waals surface area contributed by atoms with Crippen LogP contribution >= 0.6 is 0 Å². The normalized spacial score (nSPS) is 24.2. The molecule has 0 spiro atoms. The standard InChI is InChI=1S/C11H21N3O3/c1-3-7(2)9(12)11(16)14-4-5-17-6-8(14)10(13)15/h7-9H,3-6,12H2,1-2H3,(H2,13,15)/t7-,8?,9-/m0/s1. The molecular weight excluding hydrogens is 222 g/mol. The van der Waals surface area contributed by atoms with Crippen LogP contribution < -0.4 is 11.5 Å². The number of hydrogen-bond donors (Lipinski definition) is 2. The van der Waals surface area contributed by atoms with E-state index >= 15 is 0 Å². The third-order valence-electron chi connectivity index (χ3n) is 3.28. The van der Waals surface area contributed by atoms with Gasteiger partial charge in [-0.3, -0.25) is 9.59 Å². The topological polar surface area (TPSA) is 98.7 Å². The molecular formula is C11H21N3O3. The highest BCUT2D eigenvalue weighted by molar-refractivity contribution is 5.89. The average molecular weight is 243 g/mol. The van der Waals surface area contributed by atoms with Crippen molar-refractivity contribution >= 4 is 11.8 Å². The Morgan fingerprint density at radius 1 is 1.53 bits per heavy atom. The van der Waals surface area contributed by atoms with Crippen LogP contribution in [0.2, 0.25) is 0 Å². The van der Waals surface area contributed by atoms with E-state index < -0.39 is 18.0 Å². The Bertz CT molecular complexity index is 296. The van der Waals surface area contributed by atoms with Crippen LogP contribution in [0.15, 0.2) is 0 Å². The molecule has 17 heavy (non-hydrogen) atoms. The van der Waals surface area contributed by atoms with Gasteiger partial charge in [-0.25, -0.2) is 0 Å². The van der Waals surface area contributed by atoms with Crippen molar-refractivity contribution in [1.29, 1.82) is 0 Å². The van der Waals surface area contributed by atoms with E-state index in [0.29, 0.717) is 13.2 Å². The summed E-state index contributed by atoms with van der Waals surface area (Å²) in [7, 11) is 0. The number of nitrogens with two attached hydrogens (primary N) is 2. The van der Waals surface area contributed by atoms with E-state index in [9.17, 15) is 9.59 Å². The summed E-state index contributed by atoms with van der Waals surface area (Å²) in [5, 5.41) is 0. The molecule has 1 rings (SSSR count). The summed E-state index contributed by atoms with van der Waals surface area (Å²) in [6.45, 7) is 4.85. The van der Waals surface area contributed by atoms with Crippen molar-refractivity contribution in [1.82, 2.24) is 4.90 Å². The van der Waals surface area contributed by atoms with Gasteiger partial charge in [0.25, 0.3) is 0 Å². The summed E-state index contributed by atoms with van der Waals surface area (Å²) >= 11 is 0. The summed E-state index contributed by atoms with van der Waals surface area (Å²) in [5.41, 5.74) is 11.1. The molecule has 0 aromatic rings. The molecule has 3 atom stereocenters. The number of carbonyl (C=O) groups excluding carboxylic acids is 2. The smallest absolute Gasteiger partial charge is 0.242 e. The van der Waals surface area contributed by atoms with E-state index in [0.717, 1.165) is 6.42 Å². The first-order valence-electron chi connectivity index (χ1n) is 5.92. The van der Waals surface area contributed by atoms with E-state index in [2.05, 4.69) is 0 Å².